The summed E-state index contributed by atoms with van der Waals surface area (Å²) in [6, 6.07) is 67.4. The predicted octanol–water partition coefficient (Wildman–Crippen LogP) is 13.3. The fraction of sp³-hybridized carbons (Fsp3) is 0. The lowest BCUT2D eigenvalue weighted by Gasteiger charge is -2.11. The van der Waals surface area contributed by atoms with E-state index in [2.05, 4.69) is 182 Å². The van der Waals surface area contributed by atoms with Crippen molar-refractivity contribution in [1.82, 2.24) is 19.9 Å². The van der Waals surface area contributed by atoms with E-state index in [-0.39, 0.29) is 0 Å². The Labute approximate surface area is 323 Å². The number of hydrogen-bond donors (Lipinski definition) is 0. The predicted molar refractivity (Wildman–Crippen MR) is 229 cm³/mol. The summed E-state index contributed by atoms with van der Waals surface area (Å²) in [4.78, 5) is 20.3. The van der Waals surface area contributed by atoms with E-state index in [4.69, 9.17) is 19.9 Å². The fourth-order valence-electron chi connectivity index (χ4n) is 7.11. The van der Waals surface area contributed by atoms with Gasteiger partial charge in [0.2, 0.25) is 0 Å². The highest BCUT2D eigenvalue weighted by atomic mass is 32.1. The lowest BCUT2D eigenvalue weighted by atomic mass is 10.0. The number of benzene rings is 7. The maximum atomic E-state index is 5.17. The molecular weight excluding hydrogens is 689 g/mol. The molecule has 0 unspecified atom stereocenters. The molecule has 258 valence electrons. The maximum Gasteiger partial charge on any atom is 0.164 e. The number of hydrogen-bond acceptors (Lipinski definition) is 5. The number of thiophene rings is 1. The lowest BCUT2D eigenvalue weighted by molar-refractivity contribution is 1.07. The molecule has 0 fully saturated rings. The van der Waals surface area contributed by atoms with Gasteiger partial charge in [0, 0.05) is 48.0 Å². The fourth-order valence-corrected chi connectivity index (χ4v) is 8.19. The van der Waals surface area contributed by atoms with Gasteiger partial charge in [0.25, 0.3) is 0 Å². The van der Waals surface area contributed by atoms with E-state index < -0.39 is 0 Å². The molecule has 0 aliphatic carbocycles. The van der Waals surface area contributed by atoms with Crippen LogP contribution in [0.15, 0.2) is 194 Å². The molecule has 0 saturated carbocycles. The molecule has 55 heavy (non-hydrogen) atoms. The van der Waals surface area contributed by atoms with Gasteiger partial charge in [0.15, 0.2) is 17.5 Å². The van der Waals surface area contributed by atoms with Crippen LogP contribution < -0.4 is 0 Å². The molecule has 5 heteroatoms. The first-order chi connectivity index (χ1) is 27.2. The second-order valence-corrected chi connectivity index (χ2v) is 14.6. The Balaban J connectivity index is 1.03. The van der Waals surface area contributed by atoms with E-state index in [0.29, 0.717) is 17.5 Å². The van der Waals surface area contributed by atoms with Gasteiger partial charge in [-0.3, -0.25) is 0 Å². The van der Waals surface area contributed by atoms with Gasteiger partial charge in [-0.2, -0.15) is 0 Å². The molecule has 7 aromatic carbocycles. The second-order valence-electron chi connectivity index (χ2n) is 13.5. The van der Waals surface area contributed by atoms with Gasteiger partial charge in [0.1, 0.15) is 0 Å². The van der Waals surface area contributed by atoms with Gasteiger partial charge >= 0.3 is 0 Å². The van der Waals surface area contributed by atoms with E-state index >= 15 is 0 Å². The molecule has 0 atom stereocenters. The van der Waals surface area contributed by atoms with Crippen molar-refractivity contribution in [2.24, 2.45) is 0 Å². The van der Waals surface area contributed by atoms with Crippen LogP contribution in [0, 0.1) is 0 Å². The van der Waals surface area contributed by atoms with Crippen molar-refractivity contribution in [2.45, 2.75) is 0 Å². The van der Waals surface area contributed by atoms with Gasteiger partial charge < -0.3 is 0 Å². The molecule has 10 rings (SSSR count). The summed E-state index contributed by atoms with van der Waals surface area (Å²) in [7, 11) is 0. The molecule has 0 bridgehead atoms. The van der Waals surface area contributed by atoms with Gasteiger partial charge in [-0.05, 0) is 58.7 Å². The average molecular weight is 721 g/mol. The molecule has 3 heterocycles. The van der Waals surface area contributed by atoms with Crippen molar-refractivity contribution < 1.29 is 0 Å². The van der Waals surface area contributed by atoms with E-state index in [0.717, 1.165) is 50.3 Å². The monoisotopic (exact) mass is 720 g/mol. The first kappa shape index (κ1) is 32.6. The van der Waals surface area contributed by atoms with Crippen molar-refractivity contribution in [3.05, 3.63) is 194 Å². The number of rotatable bonds is 7. The summed E-state index contributed by atoms with van der Waals surface area (Å²) in [6.07, 6.45) is 0. The summed E-state index contributed by atoms with van der Waals surface area (Å²) in [6.45, 7) is 0. The Bertz CT molecular complexity index is 2850. The van der Waals surface area contributed by atoms with Crippen LogP contribution >= 0.6 is 11.3 Å². The van der Waals surface area contributed by atoms with Crippen molar-refractivity contribution in [3.8, 4) is 78.9 Å². The Morgan fingerprint density at radius 2 is 0.673 bits per heavy atom. The molecule has 10 aromatic rings. The van der Waals surface area contributed by atoms with Crippen molar-refractivity contribution in [2.75, 3.05) is 0 Å². The van der Waals surface area contributed by atoms with E-state index in [9.17, 15) is 0 Å². The lowest BCUT2D eigenvalue weighted by Crippen LogP contribution is -2.00. The summed E-state index contributed by atoms with van der Waals surface area (Å²) in [5.74, 6) is 1.84. The van der Waals surface area contributed by atoms with E-state index in [1.54, 1.807) is 0 Å². The van der Waals surface area contributed by atoms with E-state index in [1.807, 2.05) is 23.5 Å². The van der Waals surface area contributed by atoms with Gasteiger partial charge in [-0.25, -0.2) is 19.9 Å². The van der Waals surface area contributed by atoms with Crippen molar-refractivity contribution in [1.29, 1.82) is 0 Å². The Morgan fingerprint density at radius 3 is 1.29 bits per heavy atom. The topological polar surface area (TPSA) is 51.6 Å². The second kappa shape index (κ2) is 14.0. The molecule has 0 aliphatic heterocycles. The third-order valence-corrected chi connectivity index (χ3v) is 11.1. The minimum absolute atomic E-state index is 0.604. The number of pyridine rings is 1. The highest BCUT2D eigenvalue weighted by Gasteiger charge is 2.15. The molecule has 0 spiro atoms. The smallest absolute Gasteiger partial charge is 0.164 e. The van der Waals surface area contributed by atoms with Crippen LogP contribution in [0.5, 0.6) is 0 Å². The zero-order valence-corrected chi connectivity index (χ0v) is 30.5. The molecule has 0 radical (unpaired) electrons. The van der Waals surface area contributed by atoms with Gasteiger partial charge in [-0.15, -0.1) is 11.3 Å². The summed E-state index contributed by atoms with van der Waals surface area (Å²) in [5, 5.41) is 2.54. The third kappa shape index (κ3) is 6.48. The number of fused-ring (bicyclic) bond motifs is 3. The molecule has 3 aromatic heterocycles. The van der Waals surface area contributed by atoms with E-state index in [1.165, 1.54) is 31.3 Å². The Hall–Kier alpha value is -7.08. The minimum atomic E-state index is 0.604. The molecule has 0 aliphatic rings. The van der Waals surface area contributed by atoms with Crippen molar-refractivity contribution in [3.63, 3.8) is 0 Å². The van der Waals surface area contributed by atoms with Crippen molar-refractivity contribution >= 4 is 31.5 Å². The maximum absolute atomic E-state index is 5.17. The summed E-state index contributed by atoms with van der Waals surface area (Å²) in [5.41, 5.74) is 11.3. The average Bonchev–Trinajstić information content (AvgIpc) is 3.65. The van der Waals surface area contributed by atoms with Crippen LogP contribution in [-0.4, -0.2) is 19.9 Å². The molecule has 0 amide bonds. The first-order valence-corrected chi connectivity index (χ1v) is 19.1. The quantitative estimate of drug-likeness (QED) is 0.164. The largest absolute Gasteiger partial charge is 0.248 e. The minimum Gasteiger partial charge on any atom is -0.248 e. The number of aromatic nitrogens is 4. The SMILES string of the molecule is c1ccc(-c2ccc(-c3nc(-c4ccc(-c5ccccc5)cc4)nc(-c4cccc(-c5cccc(-c6ccc7sc8ccccc8c7c6)n5)c4)n3)cc2)cc1. The van der Waals surface area contributed by atoms with Crippen LogP contribution in [0.4, 0.5) is 0 Å². The molecule has 4 nitrogen and oxygen atoms in total. The first-order valence-electron chi connectivity index (χ1n) is 18.3. The summed E-state index contributed by atoms with van der Waals surface area (Å²) < 4.78 is 2.58. The highest BCUT2D eigenvalue weighted by Crippen LogP contribution is 2.37. The highest BCUT2D eigenvalue weighted by molar-refractivity contribution is 7.25. The molecular formula is C50H32N4S. The van der Waals surface area contributed by atoms with Crippen LogP contribution in [-0.2, 0) is 0 Å². The molecule has 0 saturated heterocycles. The zero-order valence-electron chi connectivity index (χ0n) is 29.7. The standard InChI is InChI=1S/C50H32N4S/c1-3-11-33(12-4-1)35-21-25-37(26-22-35)48-52-49(38-27-23-36(24-28-38)34-13-5-2-6-14-34)54-50(53-48)41-16-9-15-39(31-41)44-18-10-19-45(51-44)40-29-30-47-43(32-40)42-17-7-8-20-46(42)55-47/h1-32H. The molecule has 0 N–H and O–H groups in total. The third-order valence-electron chi connectivity index (χ3n) is 9.97. The van der Waals surface area contributed by atoms with Gasteiger partial charge in [-0.1, -0.05) is 158 Å². The van der Waals surface area contributed by atoms with Crippen LogP contribution in [0.25, 0.3) is 99.1 Å². The Kier molecular flexibility index (Phi) is 8.32. The van der Waals surface area contributed by atoms with Crippen LogP contribution in [0.2, 0.25) is 0 Å². The van der Waals surface area contributed by atoms with Gasteiger partial charge in [0.05, 0.1) is 11.4 Å². The zero-order chi connectivity index (χ0) is 36.6. The van der Waals surface area contributed by atoms with Crippen LogP contribution in [0.3, 0.4) is 0 Å². The Morgan fingerprint density at radius 1 is 0.255 bits per heavy atom. The van der Waals surface area contributed by atoms with Crippen LogP contribution in [0.1, 0.15) is 0 Å². The normalized spacial score (nSPS) is 11.3. The summed E-state index contributed by atoms with van der Waals surface area (Å²) >= 11 is 1.83. The number of nitrogens with zero attached hydrogens (tertiary/aromatic N) is 4.